The summed E-state index contributed by atoms with van der Waals surface area (Å²) in [5, 5.41) is 8.96. The third-order valence-electron chi connectivity index (χ3n) is 4.38. The van der Waals surface area contributed by atoms with E-state index in [1.807, 2.05) is 39.8 Å². The molecule has 1 aromatic heterocycles. The van der Waals surface area contributed by atoms with Gasteiger partial charge in [0.05, 0.1) is 6.04 Å². The molecule has 0 bridgehead atoms. The maximum atomic E-state index is 12.2. The first-order valence-electron chi connectivity index (χ1n) is 9.04. The summed E-state index contributed by atoms with van der Waals surface area (Å²) < 4.78 is 11.3. The van der Waals surface area contributed by atoms with Crippen molar-refractivity contribution >= 4 is 17.7 Å². The Morgan fingerprint density at radius 3 is 2.56 bits per heavy atom. The summed E-state index contributed by atoms with van der Waals surface area (Å²) in [6.45, 7) is 10.3. The highest BCUT2D eigenvalue weighted by atomic mass is 35.5. The van der Waals surface area contributed by atoms with E-state index < -0.39 is 5.60 Å². The molecular formula is C19H25ClN4O3. The highest BCUT2D eigenvalue weighted by Crippen LogP contribution is 2.26. The lowest BCUT2D eigenvalue weighted by molar-refractivity contribution is 0.00987. The van der Waals surface area contributed by atoms with Crippen LogP contribution in [0.1, 0.15) is 39.6 Å². The fraction of sp³-hybridized carbons (Fsp3) is 0.526. The molecule has 146 valence electrons. The molecular weight excluding hydrogens is 368 g/mol. The number of hydrogen-bond donors (Lipinski definition) is 0. The molecule has 7 nitrogen and oxygen atoms in total. The van der Waals surface area contributed by atoms with E-state index in [0.717, 1.165) is 18.7 Å². The molecule has 1 amide bonds. The quantitative estimate of drug-likeness (QED) is 0.786. The van der Waals surface area contributed by atoms with Crippen molar-refractivity contribution in [3.05, 3.63) is 35.2 Å². The lowest BCUT2D eigenvalue weighted by Crippen LogP contribution is -2.50. The van der Waals surface area contributed by atoms with Crippen molar-refractivity contribution in [2.75, 3.05) is 26.2 Å². The minimum absolute atomic E-state index is 0.0359. The van der Waals surface area contributed by atoms with Crippen molar-refractivity contribution in [1.82, 2.24) is 20.0 Å². The number of halogens is 1. The second-order valence-electron chi connectivity index (χ2n) is 7.64. The Hall–Kier alpha value is -2.12. The van der Waals surface area contributed by atoms with Crippen LogP contribution in [0.5, 0.6) is 0 Å². The SMILES string of the molecule is C[C@H](c1nnc(-c2cccc(Cl)c2)o1)N1CCN(C(=O)OC(C)(C)C)CC1. The molecule has 0 unspecified atom stereocenters. The molecule has 1 atom stereocenters. The lowest BCUT2D eigenvalue weighted by atomic mass is 10.2. The Morgan fingerprint density at radius 1 is 1.22 bits per heavy atom. The molecule has 0 radical (unpaired) electrons. The van der Waals surface area contributed by atoms with Crippen LogP contribution >= 0.6 is 11.6 Å². The molecule has 1 aromatic carbocycles. The minimum Gasteiger partial charge on any atom is -0.444 e. The molecule has 3 rings (SSSR count). The van der Waals surface area contributed by atoms with Crippen LogP contribution in [-0.4, -0.2) is 57.9 Å². The van der Waals surface area contributed by atoms with Crippen molar-refractivity contribution in [1.29, 1.82) is 0 Å². The minimum atomic E-state index is -0.484. The number of ether oxygens (including phenoxy) is 1. The number of amides is 1. The molecule has 1 aliphatic rings. The summed E-state index contributed by atoms with van der Waals surface area (Å²) in [4.78, 5) is 16.1. The van der Waals surface area contributed by atoms with E-state index in [4.69, 9.17) is 20.8 Å². The summed E-state index contributed by atoms with van der Waals surface area (Å²) in [7, 11) is 0. The Balaban J connectivity index is 1.60. The van der Waals surface area contributed by atoms with Gasteiger partial charge in [-0.3, -0.25) is 4.90 Å². The number of carbonyl (C=O) groups excluding carboxylic acids is 1. The molecule has 1 fully saturated rings. The molecule has 0 N–H and O–H groups in total. The van der Waals surface area contributed by atoms with Crippen molar-refractivity contribution < 1.29 is 13.9 Å². The van der Waals surface area contributed by atoms with Crippen LogP contribution in [0.3, 0.4) is 0 Å². The van der Waals surface area contributed by atoms with Crippen LogP contribution in [0, 0.1) is 0 Å². The Bertz CT molecular complexity index is 794. The Labute approximate surface area is 164 Å². The van der Waals surface area contributed by atoms with E-state index in [1.54, 1.807) is 17.0 Å². The summed E-state index contributed by atoms with van der Waals surface area (Å²) in [6, 6.07) is 7.29. The number of carbonyl (C=O) groups is 1. The van der Waals surface area contributed by atoms with Crippen molar-refractivity contribution in [2.24, 2.45) is 0 Å². The zero-order valence-electron chi connectivity index (χ0n) is 16.1. The lowest BCUT2D eigenvalue weighted by Gasteiger charge is -2.37. The standard InChI is InChI=1S/C19H25ClN4O3/c1-13(16-21-22-17(26-16)14-6-5-7-15(20)12-14)23-8-10-24(11-9-23)18(25)27-19(2,3)4/h5-7,12-13H,8-11H2,1-4H3/t13-/m1/s1. The maximum absolute atomic E-state index is 12.2. The van der Waals surface area contributed by atoms with Gasteiger partial charge in [0.15, 0.2) is 0 Å². The van der Waals surface area contributed by atoms with Crippen LogP contribution in [-0.2, 0) is 4.74 Å². The molecule has 2 aromatic rings. The predicted molar refractivity (Wildman–Crippen MR) is 103 cm³/mol. The van der Waals surface area contributed by atoms with Gasteiger partial charge in [-0.15, -0.1) is 10.2 Å². The molecule has 1 saturated heterocycles. The van der Waals surface area contributed by atoms with E-state index in [0.29, 0.717) is 29.9 Å². The first-order valence-corrected chi connectivity index (χ1v) is 9.42. The number of piperazine rings is 1. The van der Waals surface area contributed by atoms with Crippen molar-refractivity contribution in [3.63, 3.8) is 0 Å². The number of hydrogen-bond acceptors (Lipinski definition) is 6. The first kappa shape index (κ1) is 19.6. The van der Waals surface area contributed by atoms with E-state index in [-0.39, 0.29) is 12.1 Å². The largest absolute Gasteiger partial charge is 0.444 e. The van der Waals surface area contributed by atoms with Crippen LogP contribution in [0.15, 0.2) is 28.7 Å². The molecule has 0 spiro atoms. The van der Waals surface area contributed by atoms with E-state index >= 15 is 0 Å². The van der Waals surface area contributed by atoms with Crippen molar-refractivity contribution in [2.45, 2.75) is 39.3 Å². The zero-order valence-corrected chi connectivity index (χ0v) is 16.9. The van der Waals surface area contributed by atoms with Gasteiger partial charge in [-0.25, -0.2) is 4.79 Å². The monoisotopic (exact) mass is 392 g/mol. The van der Waals surface area contributed by atoms with Gasteiger partial charge in [-0.2, -0.15) is 0 Å². The van der Waals surface area contributed by atoms with Gasteiger partial charge in [-0.05, 0) is 45.9 Å². The average Bonchev–Trinajstić information content (AvgIpc) is 3.10. The third-order valence-corrected chi connectivity index (χ3v) is 4.62. The highest BCUT2D eigenvalue weighted by Gasteiger charge is 2.29. The van der Waals surface area contributed by atoms with Crippen LogP contribution < -0.4 is 0 Å². The van der Waals surface area contributed by atoms with Gasteiger partial charge in [-0.1, -0.05) is 17.7 Å². The summed E-state index contributed by atoms with van der Waals surface area (Å²) in [6.07, 6.45) is -0.268. The van der Waals surface area contributed by atoms with Gasteiger partial charge in [0.25, 0.3) is 0 Å². The topological polar surface area (TPSA) is 71.7 Å². The molecule has 0 saturated carbocycles. The summed E-state index contributed by atoms with van der Waals surface area (Å²) in [5.41, 5.74) is 0.311. The summed E-state index contributed by atoms with van der Waals surface area (Å²) in [5.74, 6) is 1.00. The number of rotatable bonds is 3. The van der Waals surface area contributed by atoms with Crippen LogP contribution in [0.4, 0.5) is 4.79 Å². The second-order valence-corrected chi connectivity index (χ2v) is 8.07. The van der Waals surface area contributed by atoms with Gasteiger partial charge < -0.3 is 14.1 Å². The molecule has 1 aliphatic heterocycles. The Kier molecular flexibility index (Phi) is 5.72. The van der Waals surface area contributed by atoms with Crippen LogP contribution in [0.25, 0.3) is 11.5 Å². The molecule has 27 heavy (non-hydrogen) atoms. The number of nitrogens with zero attached hydrogens (tertiary/aromatic N) is 4. The van der Waals surface area contributed by atoms with Crippen molar-refractivity contribution in [3.8, 4) is 11.5 Å². The number of benzene rings is 1. The zero-order chi connectivity index (χ0) is 19.6. The van der Waals surface area contributed by atoms with Gasteiger partial charge >= 0.3 is 6.09 Å². The maximum Gasteiger partial charge on any atom is 0.410 e. The van der Waals surface area contributed by atoms with Gasteiger partial charge in [0.1, 0.15) is 5.60 Å². The molecule has 8 heteroatoms. The average molecular weight is 393 g/mol. The second kappa shape index (κ2) is 7.86. The highest BCUT2D eigenvalue weighted by molar-refractivity contribution is 6.30. The van der Waals surface area contributed by atoms with E-state index in [1.165, 1.54) is 0 Å². The number of aromatic nitrogens is 2. The van der Waals surface area contributed by atoms with E-state index in [2.05, 4.69) is 15.1 Å². The fourth-order valence-electron chi connectivity index (χ4n) is 2.92. The first-order chi connectivity index (χ1) is 12.7. The van der Waals surface area contributed by atoms with Gasteiger partial charge in [0.2, 0.25) is 11.8 Å². The Morgan fingerprint density at radius 2 is 1.93 bits per heavy atom. The normalized spacial score (nSPS) is 17.0. The van der Waals surface area contributed by atoms with Gasteiger partial charge in [0, 0.05) is 36.8 Å². The summed E-state index contributed by atoms with van der Waals surface area (Å²) >= 11 is 6.02. The van der Waals surface area contributed by atoms with Crippen LogP contribution in [0.2, 0.25) is 5.02 Å². The smallest absolute Gasteiger partial charge is 0.410 e. The predicted octanol–water partition coefficient (Wildman–Crippen LogP) is 4.00. The van der Waals surface area contributed by atoms with E-state index in [9.17, 15) is 4.79 Å². The third kappa shape index (κ3) is 4.99. The fourth-order valence-corrected chi connectivity index (χ4v) is 3.11. The molecule has 0 aliphatic carbocycles. The molecule has 2 heterocycles.